The molecule has 0 radical (unpaired) electrons. The van der Waals surface area contributed by atoms with Crippen LogP contribution in [0.5, 0.6) is 0 Å². The highest BCUT2D eigenvalue weighted by Gasteiger charge is 2.46. The van der Waals surface area contributed by atoms with Crippen LogP contribution in [0.4, 0.5) is 13.2 Å². The zero-order valence-corrected chi connectivity index (χ0v) is 12.9. The van der Waals surface area contributed by atoms with Gasteiger partial charge >= 0.3 is 6.18 Å². The van der Waals surface area contributed by atoms with E-state index >= 15 is 0 Å². The highest BCUT2D eigenvalue weighted by atomic mass is 19.4. The summed E-state index contributed by atoms with van der Waals surface area (Å²) in [7, 11) is 0. The van der Waals surface area contributed by atoms with Crippen LogP contribution in [0.15, 0.2) is 0 Å². The molecule has 0 saturated heterocycles. The standard InChI is InChI=1S/C14H24F3N3O2/c1-8(2)11(18)13(22)19-7-10(21)20-12(14(15,16)17)9-5-3-4-6-9/h8-9,11-12H,3-7,18H2,1-2H3,(H,19,22)(H,20,21)/t11-,12?/m0/s1. The summed E-state index contributed by atoms with van der Waals surface area (Å²) in [4.78, 5) is 23.3. The monoisotopic (exact) mass is 323 g/mol. The van der Waals surface area contributed by atoms with Gasteiger partial charge in [-0.1, -0.05) is 26.7 Å². The molecular weight excluding hydrogens is 299 g/mol. The van der Waals surface area contributed by atoms with E-state index in [1.54, 1.807) is 13.8 Å². The van der Waals surface area contributed by atoms with Gasteiger partial charge in [0.1, 0.15) is 6.04 Å². The van der Waals surface area contributed by atoms with Crippen LogP contribution >= 0.6 is 0 Å². The molecule has 1 aliphatic rings. The molecule has 0 aliphatic heterocycles. The molecule has 0 heterocycles. The first kappa shape index (κ1) is 18.7. The minimum Gasteiger partial charge on any atom is -0.346 e. The smallest absolute Gasteiger partial charge is 0.346 e. The van der Waals surface area contributed by atoms with Gasteiger partial charge in [-0.3, -0.25) is 9.59 Å². The summed E-state index contributed by atoms with van der Waals surface area (Å²) in [5.41, 5.74) is 5.59. The van der Waals surface area contributed by atoms with E-state index in [0.717, 1.165) is 12.8 Å². The lowest BCUT2D eigenvalue weighted by molar-refractivity contribution is -0.171. The SMILES string of the molecule is CC(C)[C@H](N)C(=O)NCC(=O)NC(C1CCCC1)C(F)(F)F. The quantitative estimate of drug-likeness (QED) is 0.689. The van der Waals surface area contributed by atoms with Gasteiger partial charge in [0.2, 0.25) is 11.8 Å². The van der Waals surface area contributed by atoms with E-state index in [4.69, 9.17) is 5.73 Å². The second-order valence-electron chi connectivity index (χ2n) is 6.12. The summed E-state index contributed by atoms with van der Waals surface area (Å²) in [5.74, 6) is -2.10. The molecule has 1 fully saturated rings. The van der Waals surface area contributed by atoms with E-state index in [0.29, 0.717) is 12.8 Å². The predicted octanol–water partition coefficient (Wildman–Crippen LogP) is 1.32. The number of rotatable bonds is 6. The largest absolute Gasteiger partial charge is 0.408 e. The first-order valence-electron chi connectivity index (χ1n) is 7.52. The van der Waals surface area contributed by atoms with Crippen molar-refractivity contribution in [1.82, 2.24) is 10.6 Å². The summed E-state index contributed by atoms with van der Waals surface area (Å²) in [6.45, 7) is 2.98. The Bertz CT molecular complexity index is 393. The van der Waals surface area contributed by atoms with Crippen LogP contribution in [0, 0.1) is 11.8 Å². The van der Waals surface area contributed by atoms with Crippen molar-refractivity contribution in [2.75, 3.05) is 6.54 Å². The van der Waals surface area contributed by atoms with Crippen molar-refractivity contribution in [2.24, 2.45) is 17.6 Å². The molecule has 2 atom stereocenters. The second-order valence-corrected chi connectivity index (χ2v) is 6.12. The van der Waals surface area contributed by atoms with Gasteiger partial charge in [0, 0.05) is 0 Å². The second kappa shape index (κ2) is 7.80. The van der Waals surface area contributed by atoms with Crippen LogP contribution in [0.25, 0.3) is 0 Å². The Labute approximate surface area is 128 Å². The summed E-state index contributed by atoms with van der Waals surface area (Å²) in [5, 5.41) is 4.27. The number of hydrogen-bond donors (Lipinski definition) is 3. The number of nitrogens with one attached hydrogen (secondary N) is 2. The van der Waals surface area contributed by atoms with Crippen LogP contribution in [-0.2, 0) is 9.59 Å². The molecule has 1 aliphatic carbocycles. The van der Waals surface area contributed by atoms with E-state index in [9.17, 15) is 22.8 Å². The van der Waals surface area contributed by atoms with Crippen molar-refractivity contribution in [3.8, 4) is 0 Å². The summed E-state index contributed by atoms with van der Waals surface area (Å²) in [6.07, 6.45) is -2.09. The number of carbonyl (C=O) groups excluding carboxylic acids is 2. The van der Waals surface area contributed by atoms with Gasteiger partial charge in [-0.05, 0) is 24.7 Å². The normalized spacial score (nSPS) is 19.0. The molecule has 1 rings (SSSR count). The zero-order valence-electron chi connectivity index (χ0n) is 12.9. The molecular formula is C14H24F3N3O2. The topological polar surface area (TPSA) is 84.2 Å². The summed E-state index contributed by atoms with van der Waals surface area (Å²) < 4.78 is 39.1. The summed E-state index contributed by atoms with van der Waals surface area (Å²) in [6, 6.07) is -2.64. The molecule has 0 aromatic heterocycles. The van der Waals surface area contributed by atoms with Crippen molar-refractivity contribution in [1.29, 1.82) is 0 Å². The lowest BCUT2D eigenvalue weighted by atomic mass is 9.97. The van der Waals surface area contributed by atoms with Gasteiger partial charge in [-0.25, -0.2) is 0 Å². The van der Waals surface area contributed by atoms with E-state index in [2.05, 4.69) is 5.32 Å². The fourth-order valence-corrected chi connectivity index (χ4v) is 2.57. The van der Waals surface area contributed by atoms with E-state index in [1.165, 1.54) is 0 Å². The third-order valence-electron chi connectivity index (χ3n) is 3.98. The number of nitrogens with two attached hydrogens (primary N) is 1. The van der Waals surface area contributed by atoms with Crippen LogP contribution in [0.3, 0.4) is 0 Å². The molecule has 4 N–H and O–H groups in total. The maximum Gasteiger partial charge on any atom is 0.408 e. The highest BCUT2D eigenvalue weighted by molar-refractivity contribution is 5.87. The fraction of sp³-hybridized carbons (Fsp3) is 0.857. The maximum absolute atomic E-state index is 13.0. The van der Waals surface area contributed by atoms with Gasteiger partial charge < -0.3 is 16.4 Å². The Morgan fingerprint density at radius 1 is 1.23 bits per heavy atom. The van der Waals surface area contributed by atoms with Crippen LogP contribution < -0.4 is 16.4 Å². The molecule has 2 amide bonds. The van der Waals surface area contributed by atoms with Crippen molar-refractivity contribution in [3.63, 3.8) is 0 Å². The van der Waals surface area contributed by atoms with E-state index in [-0.39, 0.29) is 5.92 Å². The van der Waals surface area contributed by atoms with Gasteiger partial charge in [0.25, 0.3) is 0 Å². The molecule has 0 spiro atoms. The minimum absolute atomic E-state index is 0.121. The lowest BCUT2D eigenvalue weighted by Crippen LogP contribution is -2.53. The number of halogens is 3. The average Bonchev–Trinajstić information content (AvgIpc) is 2.93. The molecule has 5 nitrogen and oxygen atoms in total. The summed E-state index contributed by atoms with van der Waals surface area (Å²) >= 11 is 0. The molecule has 128 valence electrons. The number of hydrogen-bond acceptors (Lipinski definition) is 3. The van der Waals surface area contributed by atoms with Crippen molar-refractivity contribution >= 4 is 11.8 Å². The first-order valence-corrected chi connectivity index (χ1v) is 7.52. The Kier molecular flexibility index (Phi) is 6.65. The minimum atomic E-state index is -4.48. The van der Waals surface area contributed by atoms with Gasteiger partial charge in [-0.2, -0.15) is 13.2 Å². The van der Waals surface area contributed by atoms with Crippen LogP contribution in [-0.4, -0.2) is 36.6 Å². The third-order valence-corrected chi connectivity index (χ3v) is 3.98. The molecule has 1 saturated carbocycles. The van der Waals surface area contributed by atoms with Gasteiger partial charge in [0.05, 0.1) is 12.6 Å². The first-order chi connectivity index (χ1) is 10.1. The van der Waals surface area contributed by atoms with Crippen molar-refractivity contribution < 1.29 is 22.8 Å². The molecule has 0 aromatic rings. The Morgan fingerprint density at radius 2 is 1.77 bits per heavy atom. The number of alkyl halides is 3. The zero-order chi connectivity index (χ0) is 16.9. The molecule has 22 heavy (non-hydrogen) atoms. The Morgan fingerprint density at radius 3 is 2.23 bits per heavy atom. The lowest BCUT2D eigenvalue weighted by Gasteiger charge is -2.27. The Balaban J connectivity index is 2.52. The number of amides is 2. The Hall–Kier alpha value is -1.31. The molecule has 0 bridgehead atoms. The van der Waals surface area contributed by atoms with Crippen LogP contribution in [0.1, 0.15) is 39.5 Å². The van der Waals surface area contributed by atoms with E-state index < -0.39 is 42.5 Å². The third kappa shape index (κ3) is 5.47. The predicted molar refractivity (Wildman–Crippen MR) is 75.8 cm³/mol. The molecule has 8 heteroatoms. The molecule has 0 aromatic carbocycles. The van der Waals surface area contributed by atoms with Crippen LogP contribution in [0.2, 0.25) is 0 Å². The van der Waals surface area contributed by atoms with Crippen molar-refractivity contribution in [3.05, 3.63) is 0 Å². The number of carbonyl (C=O) groups is 2. The van der Waals surface area contributed by atoms with Crippen molar-refractivity contribution in [2.45, 2.75) is 57.8 Å². The average molecular weight is 323 g/mol. The van der Waals surface area contributed by atoms with E-state index in [1.807, 2.05) is 5.32 Å². The fourth-order valence-electron chi connectivity index (χ4n) is 2.57. The maximum atomic E-state index is 13.0. The highest BCUT2D eigenvalue weighted by Crippen LogP contribution is 2.35. The van der Waals surface area contributed by atoms with Gasteiger partial charge in [0.15, 0.2) is 0 Å². The van der Waals surface area contributed by atoms with Gasteiger partial charge in [-0.15, -0.1) is 0 Å². The molecule has 1 unspecified atom stereocenters.